The summed E-state index contributed by atoms with van der Waals surface area (Å²) in [6.07, 6.45) is 6.38. The smallest absolute Gasteiger partial charge is 0.273 e. The average molecular weight is 395 g/mol. The van der Waals surface area contributed by atoms with E-state index in [0.29, 0.717) is 21.7 Å². The minimum absolute atomic E-state index is 0.0460. The largest absolute Gasteiger partial charge is 0.337 e. The van der Waals surface area contributed by atoms with Crippen molar-refractivity contribution in [3.05, 3.63) is 39.3 Å². The number of hydrogen-bond donors (Lipinski definition) is 0. The molecule has 1 aromatic heterocycles. The maximum atomic E-state index is 12.9. The predicted molar refractivity (Wildman–Crippen MR) is 104 cm³/mol. The summed E-state index contributed by atoms with van der Waals surface area (Å²) in [5.41, 5.74) is 1.30. The summed E-state index contributed by atoms with van der Waals surface area (Å²) in [6.45, 7) is 1.74. The molecule has 1 saturated carbocycles. The molecule has 3 nitrogen and oxygen atoms in total. The van der Waals surface area contributed by atoms with Gasteiger partial charge in [-0.3, -0.25) is 4.79 Å². The molecule has 132 valence electrons. The monoisotopic (exact) mass is 394 g/mol. The Hall–Kier alpha value is -1.10. The van der Waals surface area contributed by atoms with Crippen LogP contribution in [0.2, 0.25) is 10.0 Å². The molecule has 0 radical (unpaired) electrons. The average Bonchev–Trinajstić information content (AvgIpc) is 3.13. The Morgan fingerprint density at radius 2 is 1.96 bits per heavy atom. The van der Waals surface area contributed by atoms with Crippen LogP contribution in [0.15, 0.2) is 23.6 Å². The number of carbonyl (C=O) groups is 1. The van der Waals surface area contributed by atoms with E-state index in [-0.39, 0.29) is 5.91 Å². The number of hydrogen-bond acceptors (Lipinski definition) is 3. The van der Waals surface area contributed by atoms with Gasteiger partial charge in [0.1, 0.15) is 10.7 Å². The molecule has 2 aromatic rings. The number of fused-ring (bicyclic) bond motifs is 1. The first kappa shape index (κ1) is 17.3. The summed E-state index contributed by atoms with van der Waals surface area (Å²) in [6, 6.07) is 5.48. The van der Waals surface area contributed by atoms with E-state index in [0.717, 1.165) is 36.0 Å². The molecular formula is C19H20Cl2N2OS. The van der Waals surface area contributed by atoms with E-state index in [1.165, 1.54) is 37.0 Å². The Morgan fingerprint density at radius 3 is 2.80 bits per heavy atom. The number of nitrogens with zero attached hydrogens (tertiary/aromatic N) is 2. The lowest BCUT2D eigenvalue weighted by Gasteiger charge is -2.41. The van der Waals surface area contributed by atoms with E-state index in [1.807, 2.05) is 22.4 Å². The summed E-state index contributed by atoms with van der Waals surface area (Å²) in [7, 11) is 0. The number of thiazole rings is 1. The lowest BCUT2D eigenvalue weighted by atomic mass is 9.75. The highest BCUT2D eigenvalue weighted by Gasteiger charge is 2.33. The Labute approximate surface area is 162 Å². The van der Waals surface area contributed by atoms with E-state index >= 15 is 0 Å². The van der Waals surface area contributed by atoms with Gasteiger partial charge in [0.2, 0.25) is 0 Å². The molecule has 4 rings (SSSR count). The van der Waals surface area contributed by atoms with Crippen molar-refractivity contribution in [1.29, 1.82) is 0 Å². The number of rotatable bonds is 2. The van der Waals surface area contributed by atoms with Gasteiger partial charge in [-0.05, 0) is 30.7 Å². The van der Waals surface area contributed by atoms with Crippen molar-refractivity contribution in [2.45, 2.75) is 32.1 Å². The lowest BCUT2D eigenvalue weighted by Crippen LogP contribution is -2.44. The van der Waals surface area contributed by atoms with Crippen molar-refractivity contribution in [3.63, 3.8) is 0 Å². The van der Waals surface area contributed by atoms with Crippen molar-refractivity contribution in [1.82, 2.24) is 9.88 Å². The van der Waals surface area contributed by atoms with Gasteiger partial charge < -0.3 is 4.90 Å². The van der Waals surface area contributed by atoms with Crippen LogP contribution in [0.3, 0.4) is 0 Å². The highest BCUT2D eigenvalue weighted by molar-refractivity contribution is 7.13. The fraction of sp³-hybridized carbons (Fsp3) is 0.474. The van der Waals surface area contributed by atoms with Crippen molar-refractivity contribution in [2.24, 2.45) is 11.8 Å². The molecule has 25 heavy (non-hydrogen) atoms. The van der Waals surface area contributed by atoms with E-state index < -0.39 is 0 Å². The third-order valence-electron chi connectivity index (χ3n) is 5.48. The van der Waals surface area contributed by atoms with E-state index in [1.54, 1.807) is 6.07 Å². The molecular weight excluding hydrogens is 375 g/mol. The van der Waals surface area contributed by atoms with Crippen LogP contribution in [-0.4, -0.2) is 28.9 Å². The molecule has 0 bridgehead atoms. The fourth-order valence-electron chi connectivity index (χ4n) is 4.11. The minimum Gasteiger partial charge on any atom is -0.337 e. The number of benzene rings is 1. The molecule has 1 aliphatic heterocycles. The molecule has 2 unspecified atom stereocenters. The van der Waals surface area contributed by atoms with Gasteiger partial charge in [0.05, 0.1) is 10.0 Å². The zero-order valence-corrected chi connectivity index (χ0v) is 16.2. The predicted octanol–water partition coefficient (Wildman–Crippen LogP) is 5.77. The maximum Gasteiger partial charge on any atom is 0.273 e. The first-order chi connectivity index (χ1) is 12.1. The third kappa shape index (κ3) is 3.44. The van der Waals surface area contributed by atoms with Crippen molar-refractivity contribution >= 4 is 40.4 Å². The molecule has 1 amide bonds. The summed E-state index contributed by atoms with van der Waals surface area (Å²) >= 11 is 13.8. The highest BCUT2D eigenvalue weighted by Crippen LogP contribution is 2.37. The summed E-state index contributed by atoms with van der Waals surface area (Å²) < 4.78 is 0. The first-order valence-electron chi connectivity index (χ1n) is 8.82. The number of likely N-dealkylation sites (tertiary alicyclic amines) is 1. The maximum absolute atomic E-state index is 12.9. The van der Waals surface area contributed by atoms with Gasteiger partial charge >= 0.3 is 0 Å². The number of aromatic nitrogens is 1. The van der Waals surface area contributed by atoms with Gasteiger partial charge in [-0.15, -0.1) is 11.3 Å². The standard InChI is InChI=1S/C19H20Cl2N2OS/c20-15-7-3-6-14(17(15)21)18-22-16(11-25-18)19(24)23-9-8-12-4-1-2-5-13(12)10-23/h3,6-7,11-13H,1-2,4-5,8-10H2. The van der Waals surface area contributed by atoms with Crippen molar-refractivity contribution in [3.8, 4) is 10.6 Å². The van der Waals surface area contributed by atoms with Crippen LogP contribution in [0.4, 0.5) is 0 Å². The summed E-state index contributed by atoms with van der Waals surface area (Å²) in [4.78, 5) is 19.4. The molecule has 2 aliphatic rings. The Balaban J connectivity index is 1.52. The van der Waals surface area contributed by atoms with E-state index in [9.17, 15) is 4.79 Å². The Morgan fingerprint density at radius 1 is 1.16 bits per heavy atom. The highest BCUT2D eigenvalue weighted by atomic mass is 35.5. The van der Waals surface area contributed by atoms with Crippen molar-refractivity contribution < 1.29 is 4.79 Å². The SMILES string of the molecule is O=C(c1csc(-c2cccc(Cl)c2Cl)n1)N1CCC2CCCCC2C1. The molecule has 2 fully saturated rings. The van der Waals surface area contributed by atoms with Crippen LogP contribution in [0.1, 0.15) is 42.6 Å². The second-order valence-corrected chi connectivity index (χ2v) is 8.63. The van der Waals surface area contributed by atoms with Crippen LogP contribution >= 0.6 is 34.5 Å². The molecule has 0 N–H and O–H groups in total. The van der Waals surface area contributed by atoms with Gasteiger partial charge in [-0.2, -0.15) is 0 Å². The van der Waals surface area contributed by atoms with Gasteiger partial charge in [-0.25, -0.2) is 4.98 Å². The van der Waals surface area contributed by atoms with Gasteiger partial charge in [0.25, 0.3) is 5.91 Å². The molecule has 2 heterocycles. The number of carbonyl (C=O) groups excluding carboxylic acids is 1. The first-order valence-corrected chi connectivity index (χ1v) is 10.5. The lowest BCUT2D eigenvalue weighted by molar-refractivity contribution is 0.0516. The Bertz CT molecular complexity index is 791. The zero-order chi connectivity index (χ0) is 17.4. The second-order valence-electron chi connectivity index (χ2n) is 6.98. The molecule has 1 aliphatic carbocycles. The molecule has 6 heteroatoms. The van der Waals surface area contributed by atoms with Crippen molar-refractivity contribution in [2.75, 3.05) is 13.1 Å². The fourth-order valence-corrected chi connectivity index (χ4v) is 5.38. The van der Waals surface area contributed by atoms with Crippen LogP contribution in [0.5, 0.6) is 0 Å². The molecule has 1 aromatic carbocycles. The second kappa shape index (κ2) is 7.26. The van der Waals surface area contributed by atoms with Gasteiger partial charge in [0.15, 0.2) is 0 Å². The van der Waals surface area contributed by atoms with Crippen LogP contribution in [0, 0.1) is 11.8 Å². The molecule has 0 spiro atoms. The molecule has 1 saturated heterocycles. The summed E-state index contributed by atoms with van der Waals surface area (Å²) in [5, 5.41) is 3.56. The van der Waals surface area contributed by atoms with Crippen LogP contribution in [-0.2, 0) is 0 Å². The van der Waals surface area contributed by atoms with Crippen LogP contribution < -0.4 is 0 Å². The normalized spacial score (nSPS) is 23.4. The number of amides is 1. The van der Waals surface area contributed by atoms with Crippen LogP contribution in [0.25, 0.3) is 10.6 Å². The van der Waals surface area contributed by atoms with Gasteiger partial charge in [0, 0.05) is 24.0 Å². The quantitative estimate of drug-likeness (QED) is 0.647. The summed E-state index contributed by atoms with van der Waals surface area (Å²) in [5.74, 6) is 1.53. The number of halogens is 2. The van der Waals surface area contributed by atoms with E-state index in [4.69, 9.17) is 23.2 Å². The third-order valence-corrected chi connectivity index (χ3v) is 7.18. The Kier molecular flexibility index (Phi) is 5.03. The van der Waals surface area contributed by atoms with E-state index in [2.05, 4.69) is 4.98 Å². The minimum atomic E-state index is 0.0460. The topological polar surface area (TPSA) is 33.2 Å². The van der Waals surface area contributed by atoms with Gasteiger partial charge in [-0.1, -0.05) is 54.6 Å². The zero-order valence-electron chi connectivity index (χ0n) is 13.9. The number of piperidine rings is 1. The molecule has 2 atom stereocenters.